The van der Waals surface area contributed by atoms with Crippen molar-refractivity contribution < 1.29 is 17.9 Å². The van der Waals surface area contributed by atoms with Gasteiger partial charge in [0.1, 0.15) is 9.96 Å². The van der Waals surface area contributed by atoms with E-state index < -0.39 is 10.0 Å². The lowest BCUT2D eigenvalue weighted by molar-refractivity contribution is 0.0595. The molecule has 33 heavy (non-hydrogen) atoms. The molecule has 5 rings (SSSR count). The Morgan fingerprint density at radius 2 is 1.88 bits per heavy atom. The molecule has 172 valence electrons. The normalized spacial score (nSPS) is 19.6. The molecule has 1 amide bonds. The third kappa shape index (κ3) is 4.04. The number of thiophene rings is 1. The second kappa shape index (κ2) is 8.35. The molecule has 0 radical (unpaired) electrons. The van der Waals surface area contributed by atoms with Crippen LogP contribution in [0.3, 0.4) is 0 Å². The number of anilines is 1. The lowest BCUT2D eigenvalue weighted by Crippen LogP contribution is -2.49. The molecule has 2 bridgehead atoms. The summed E-state index contributed by atoms with van der Waals surface area (Å²) in [5.74, 6) is 0.577. The smallest absolute Gasteiger partial charge is 0.271 e. The maximum atomic E-state index is 13.2. The van der Waals surface area contributed by atoms with Crippen LogP contribution in [0.25, 0.3) is 0 Å². The Balaban J connectivity index is 1.46. The Kier molecular flexibility index (Phi) is 5.49. The molecule has 8 nitrogen and oxygen atoms in total. The van der Waals surface area contributed by atoms with Gasteiger partial charge in [-0.15, -0.1) is 11.3 Å². The summed E-state index contributed by atoms with van der Waals surface area (Å²) in [5.41, 5.74) is 1.45. The van der Waals surface area contributed by atoms with Crippen LogP contribution in [-0.4, -0.2) is 44.0 Å². The number of piperidine rings is 1. The van der Waals surface area contributed by atoms with Crippen molar-refractivity contribution in [1.82, 2.24) is 9.47 Å². The molecule has 4 heterocycles. The first-order valence-electron chi connectivity index (χ1n) is 10.6. The number of likely N-dealkylation sites (tertiary alicyclic amines) is 1. The summed E-state index contributed by atoms with van der Waals surface area (Å²) in [4.78, 5) is 27.6. The van der Waals surface area contributed by atoms with E-state index in [-0.39, 0.29) is 27.5 Å². The van der Waals surface area contributed by atoms with Crippen LogP contribution >= 0.6 is 11.3 Å². The van der Waals surface area contributed by atoms with Gasteiger partial charge in [0.15, 0.2) is 0 Å². The third-order valence-corrected chi connectivity index (χ3v) is 8.98. The Morgan fingerprint density at radius 1 is 1.09 bits per heavy atom. The van der Waals surface area contributed by atoms with Crippen molar-refractivity contribution in [3.8, 4) is 5.75 Å². The van der Waals surface area contributed by atoms with Gasteiger partial charge in [0, 0.05) is 37.2 Å². The zero-order valence-corrected chi connectivity index (χ0v) is 19.6. The maximum absolute atomic E-state index is 13.2. The fourth-order valence-corrected chi connectivity index (χ4v) is 6.86. The molecule has 1 saturated heterocycles. The van der Waals surface area contributed by atoms with Crippen LogP contribution in [0.15, 0.2) is 62.9 Å². The number of fused-ring (bicyclic) bond motifs is 4. The molecule has 10 heteroatoms. The first-order valence-corrected chi connectivity index (χ1v) is 13.0. The highest BCUT2D eigenvalue weighted by molar-refractivity contribution is 7.94. The van der Waals surface area contributed by atoms with Gasteiger partial charge in [0.05, 0.1) is 18.5 Å². The fraction of sp³-hybridized carbons (Fsp3) is 0.304. The van der Waals surface area contributed by atoms with E-state index in [1.165, 1.54) is 12.1 Å². The largest absolute Gasteiger partial charge is 0.497 e. The molecule has 0 saturated carbocycles. The van der Waals surface area contributed by atoms with Gasteiger partial charge in [-0.1, -0.05) is 6.07 Å². The molecule has 0 aliphatic carbocycles. The predicted molar refractivity (Wildman–Crippen MR) is 126 cm³/mol. The number of amides is 1. The molecule has 1 N–H and O–H groups in total. The predicted octanol–water partition coefficient (Wildman–Crippen LogP) is 2.98. The van der Waals surface area contributed by atoms with E-state index in [2.05, 4.69) is 4.72 Å². The highest BCUT2D eigenvalue weighted by Crippen LogP contribution is 2.39. The highest BCUT2D eigenvalue weighted by Gasteiger charge is 2.38. The van der Waals surface area contributed by atoms with E-state index in [9.17, 15) is 18.0 Å². The standard InChI is InChI=1S/C23H23N3O5S2/c1-31-18-6-4-16(5-7-18)23(28)25-12-15-11-17(14-25)22-19(8-9-20(27)26(22)13-15)24-33(29,30)21-3-2-10-32-21/h2-10,15,17,24H,11-14H2,1H3/t15-,17-/m1/s1. The molecule has 1 fully saturated rings. The molecular weight excluding hydrogens is 462 g/mol. The molecule has 0 unspecified atom stereocenters. The van der Waals surface area contributed by atoms with Crippen LogP contribution in [0.4, 0.5) is 5.69 Å². The Labute approximate surface area is 195 Å². The minimum atomic E-state index is -3.76. The third-order valence-electron chi connectivity index (χ3n) is 6.22. The van der Waals surface area contributed by atoms with Crippen LogP contribution in [0.5, 0.6) is 5.75 Å². The Morgan fingerprint density at radius 3 is 2.58 bits per heavy atom. The second-order valence-electron chi connectivity index (χ2n) is 8.36. The van der Waals surface area contributed by atoms with E-state index in [0.29, 0.717) is 42.3 Å². The first kappa shape index (κ1) is 21.7. The van der Waals surface area contributed by atoms with Gasteiger partial charge in [-0.3, -0.25) is 14.3 Å². The van der Waals surface area contributed by atoms with Crippen molar-refractivity contribution >= 4 is 33.0 Å². The number of carbonyl (C=O) groups is 1. The van der Waals surface area contributed by atoms with Crippen LogP contribution in [0, 0.1) is 5.92 Å². The van der Waals surface area contributed by atoms with Crippen LogP contribution in [0.1, 0.15) is 28.4 Å². The topological polar surface area (TPSA) is 97.7 Å². The van der Waals surface area contributed by atoms with E-state index in [4.69, 9.17) is 4.74 Å². The van der Waals surface area contributed by atoms with Gasteiger partial charge in [-0.2, -0.15) is 0 Å². The highest BCUT2D eigenvalue weighted by atomic mass is 32.2. The van der Waals surface area contributed by atoms with Gasteiger partial charge in [0.2, 0.25) is 0 Å². The number of hydrogen-bond acceptors (Lipinski definition) is 6. The Hall–Kier alpha value is -3.11. The zero-order valence-electron chi connectivity index (χ0n) is 17.9. The number of sulfonamides is 1. The van der Waals surface area contributed by atoms with Crippen molar-refractivity contribution in [2.45, 2.75) is 23.1 Å². The SMILES string of the molecule is COc1ccc(C(=O)N2C[C@H]3C[C@H](C2)c2c(NS(=O)(=O)c4cccs4)ccc(=O)n2C3)cc1. The maximum Gasteiger partial charge on any atom is 0.271 e. The van der Waals surface area contributed by atoms with Crippen molar-refractivity contribution in [3.63, 3.8) is 0 Å². The number of benzene rings is 1. The number of pyridine rings is 1. The average Bonchev–Trinajstić information content (AvgIpc) is 3.36. The molecular formula is C23H23N3O5S2. The quantitative estimate of drug-likeness (QED) is 0.599. The van der Waals surface area contributed by atoms with Crippen LogP contribution < -0.4 is 15.0 Å². The average molecular weight is 486 g/mol. The number of aromatic nitrogens is 1. The first-order chi connectivity index (χ1) is 15.9. The Bertz CT molecular complexity index is 1350. The fourth-order valence-electron chi connectivity index (χ4n) is 4.79. The summed E-state index contributed by atoms with van der Waals surface area (Å²) in [7, 11) is -2.19. The minimum Gasteiger partial charge on any atom is -0.497 e. The van der Waals surface area contributed by atoms with Gasteiger partial charge >= 0.3 is 0 Å². The second-order valence-corrected chi connectivity index (χ2v) is 11.2. The van der Waals surface area contributed by atoms with Crippen LogP contribution in [-0.2, 0) is 16.6 Å². The minimum absolute atomic E-state index is 0.0835. The van der Waals surface area contributed by atoms with E-state index in [1.54, 1.807) is 58.4 Å². The van der Waals surface area contributed by atoms with Gasteiger partial charge in [-0.25, -0.2) is 8.42 Å². The molecule has 3 aromatic rings. The van der Waals surface area contributed by atoms with Crippen molar-refractivity contribution in [1.29, 1.82) is 0 Å². The van der Waals surface area contributed by atoms with Gasteiger partial charge in [-0.05, 0) is 54.1 Å². The van der Waals surface area contributed by atoms with E-state index in [1.807, 2.05) is 0 Å². The molecule has 1 aromatic carbocycles. The molecule has 2 aromatic heterocycles. The van der Waals surface area contributed by atoms with E-state index in [0.717, 1.165) is 17.8 Å². The zero-order chi connectivity index (χ0) is 23.2. The molecule has 2 aliphatic rings. The van der Waals surface area contributed by atoms with Crippen molar-refractivity contribution in [2.24, 2.45) is 5.92 Å². The van der Waals surface area contributed by atoms with Gasteiger partial charge in [0.25, 0.3) is 21.5 Å². The molecule has 2 atom stereocenters. The van der Waals surface area contributed by atoms with Gasteiger partial charge < -0.3 is 14.2 Å². The number of carbonyl (C=O) groups excluding carboxylic acids is 1. The lowest BCUT2D eigenvalue weighted by Gasteiger charge is -2.43. The van der Waals surface area contributed by atoms with Crippen LogP contribution in [0.2, 0.25) is 0 Å². The number of hydrogen-bond donors (Lipinski definition) is 1. The number of nitrogens with one attached hydrogen (secondary N) is 1. The number of ether oxygens (including phenoxy) is 1. The lowest BCUT2D eigenvalue weighted by atomic mass is 9.82. The molecule has 2 aliphatic heterocycles. The summed E-state index contributed by atoms with van der Waals surface area (Å²) >= 11 is 1.13. The number of methoxy groups -OCH3 is 1. The summed E-state index contributed by atoms with van der Waals surface area (Å²) in [6.45, 7) is 1.42. The summed E-state index contributed by atoms with van der Waals surface area (Å²) in [6, 6.07) is 13.1. The summed E-state index contributed by atoms with van der Waals surface area (Å²) in [6.07, 6.45) is 0.795. The van der Waals surface area contributed by atoms with Crippen molar-refractivity contribution in [2.75, 3.05) is 24.9 Å². The van der Waals surface area contributed by atoms with E-state index >= 15 is 0 Å². The number of rotatable bonds is 5. The monoisotopic (exact) mass is 485 g/mol. The number of nitrogens with zero attached hydrogens (tertiary/aromatic N) is 2. The molecule has 0 spiro atoms. The summed E-state index contributed by atoms with van der Waals surface area (Å²) in [5, 5.41) is 1.70. The van der Waals surface area contributed by atoms with Crippen molar-refractivity contribution in [3.05, 3.63) is 75.5 Å². The summed E-state index contributed by atoms with van der Waals surface area (Å²) < 4.78 is 35.4.